The second kappa shape index (κ2) is 9.36. The van der Waals surface area contributed by atoms with Crippen LogP contribution in [0.1, 0.15) is 73.5 Å². The van der Waals surface area contributed by atoms with Crippen LogP contribution in [0.4, 0.5) is 5.69 Å². The van der Waals surface area contributed by atoms with Gasteiger partial charge >= 0.3 is 0 Å². The second-order valence-electron chi connectivity index (χ2n) is 7.54. The van der Waals surface area contributed by atoms with Crippen molar-refractivity contribution in [3.63, 3.8) is 0 Å². The molecule has 0 bridgehead atoms. The lowest BCUT2D eigenvalue weighted by Crippen LogP contribution is -2.22. The van der Waals surface area contributed by atoms with Gasteiger partial charge in [0, 0.05) is 24.7 Å². The zero-order valence-electron chi connectivity index (χ0n) is 16.9. The maximum atomic E-state index is 12.7. The zero-order chi connectivity index (χ0) is 20.0. The van der Waals surface area contributed by atoms with Gasteiger partial charge in [-0.15, -0.1) is 0 Å². The van der Waals surface area contributed by atoms with E-state index >= 15 is 0 Å². The van der Waals surface area contributed by atoms with Gasteiger partial charge in [-0.25, -0.2) is 0 Å². The lowest BCUT2D eigenvalue weighted by molar-refractivity contribution is -0.118. The van der Waals surface area contributed by atoms with Crippen LogP contribution in [0, 0.1) is 0 Å². The first-order valence-corrected chi connectivity index (χ1v) is 9.56. The molecule has 0 aliphatic carbocycles. The SMILES string of the molecule is CC(=O)NCCc1ccc(C(=O)Nc2ccc(C(C)C)cc2C(C)C)cc1. The highest BCUT2D eigenvalue weighted by Gasteiger charge is 2.13. The van der Waals surface area contributed by atoms with Gasteiger partial charge in [-0.05, 0) is 53.1 Å². The monoisotopic (exact) mass is 366 g/mol. The molecule has 0 atom stereocenters. The van der Waals surface area contributed by atoms with Crippen LogP contribution in [-0.2, 0) is 11.2 Å². The van der Waals surface area contributed by atoms with Crippen LogP contribution in [-0.4, -0.2) is 18.4 Å². The first kappa shape index (κ1) is 20.7. The van der Waals surface area contributed by atoms with Gasteiger partial charge in [0.05, 0.1) is 0 Å². The van der Waals surface area contributed by atoms with Gasteiger partial charge in [0.25, 0.3) is 5.91 Å². The summed E-state index contributed by atoms with van der Waals surface area (Å²) in [5.74, 6) is 0.644. The van der Waals surface area contributed by atoms with E-state index in [-0.39, 0.29) is 11.8 Å². The van der Waals surface area contributed by atoms with E-state index in [1.807, 2.05) is 30.3 Å². The molecule has 4 nitrogen and oxygen atoms in total. The molecule has 27 heavy (non-hydrogen) atoms. The molecule has 2 aromatic carbocycles. The Morgan fingerprint density at radius 3 is 2.15 bits per heavy atom. The largest absolute Gasteiger partial charge is 0.356 e. The van der Waals surface area contributed by atoms with E-state index in [9.17, 15) is 9.59 Å². The van der Waals surface area contributed by atoms with Gasteiger partial charge in [-0.3, -0.25) is 9.59 Å². The smallest absolute Gasteiger partial charge is 0.255 e. The Kier molecular flexibility index (Phi) is 7.17. The molecule has 2 N–H and O–H groups in total. The topological polar surface area (TPSA) is 58.2 Å². The quantitative estimate of drug-likeness (QED) is 0.735. The summed E-state index contributed by atoms with van der Waals surface area (Å²) in [5, 5.41) is 5.83. The Morgan fingerprint density at radius 2 is 1.59 bits per heavy atom. The number of carbonyl (C=O) groups excluding carboxylic acids is 2. The zero-order valence-corrected chi connectivity index (χ0v) is 16.9. The summed E-state index contributed by atoms with van der Waals surface area (Å²) in [6.45, 7) is 10.7. The van der Waals surface area contributed by atoms with Crippen molar-refractivity contribution >= 4 is 17.5 Å². The van der Waals surface area contributed by atoms with Crippen molar-refractivity contribution in [2.75, 3.05) is 11.9 Å². The number of carbonyl (C=O) groups is 2. The molecule has 0 aliphatic heterocycles. The minimum absolute atomic E-state index is 0.0320. The molecule has 2 rings (SSSR count). The van der Waals surface area contributed by atoms with Crippen molar-refractivity contribution in [3.8, 4) is 0 Å². The normalized spacial score (nSPS) is 10.9. The number of benzene rings is 2. The summed E-state index contributed by atoms with van der Waals surface area (Å²) in [7, 11) is 0. The van der Waals surface area contributed by atoms with Gasteiger partial charge in [0.2, 0.25) is 5.91 Å². The van der Waals surface area contributed by atoms with E-state index in [1.54, 1.807) is 0 Å². The predicted octanol–water partition coefficient (Wildman–Crippen LogP) is 4.86. The number of hydrogen-bond acceptors (Lipinski definition) is 2. The molecular formula is C23H30N2O2. The minimum Gasteiger partial charge on any atom is -0.356 e. The molecule has 144 valence electrons. The van der Waals surface area contributed by atoms with Crippen LogP contribution in [0.15, 0.2) is 42.5 Å². The molecule has 2 aromatic rings. The average Bonchev–Trinajstić information content (AvgIpc) is 2.61. The highest BCUT2D eigenvalue weighted by Crippen LogP contribution is 2.28. The van der Waals surface area contributed by atoms with E-state index < -0.39 is 0 Å². The number of amides is 2. The third-order valence-electron chi connectivity index (χ3n) is 4.62. The summed E-state index contributed by atoms with van der Waals surface area (Å²) in [6, 6.07) is 13.8. The van der Waals surface area contributed by atoms with E-state index in [0.717, 1.165) is 23.2 Å². The molecule has 0 saturated heterocycles. The van der Waals surface area contributed by atoms with Crippen LogP contribution < -0.4 is 10.6 Å². The number of hydrogen-bond donors (Lipinski definition) is 2. The number of nitrogens with one attached hydrogen (secondary N) is 2. The van der Waals surface area contributed by atoms with Crippen molar-refractivity contribution in [1.82, 2.24) is 5.32 Å². The Balaban J connectivity index is 2.09. The average molecular weight is 367 g/mol. The lowest BCUT2D eigenvalue weighted by atomic mass is 9.94. The lowest BCUT2D eigenvalue weighted by Gasteiger charge is -2.17. The fourth-order valence-corrected chi connectivity index (χ4v) is 2.93. The van der Waals surface area contributed by atoms with Crippen LogP contribution in [0.2, 0.25) is 0 Å². The molecule has 0 spiro atoms. The molecule has 0 heterocycles. The fourth-order valence-electron chi connectivity index (χ4n) is 2.93. The summed E-state index contributed by atoms with van der Waals surface area (Å²) >= 11 is 0. The van der Waals surface area contributed by atoms with Crippen LogP contribution in [0.3, 0.4) is 0 Å². The van der Waals surface area contributed by atoms with Gasteiger partial charge in [0.15, 0.2) is 0 Å². The summed E-state index contributed by atoms with van der Waals surface area (Å²) in [5.41, 5.74) is 5.02. The fraction of sp³-hybridized carbons (Fsp3) is 0.391. The van der Waals surface area contributed by atoms with E-state index in [1.165, 1.54) is 12.5 Å². The Hall–Kier alpha value is -2.62. The van der Waals surface area contributed by atoms with Crippen molar-refractivity contribution in [2.45, 2.75) is 52.9 Å². The molecule has 4 heteroatoms. The van der Waals surface area contributed by atoms with Gasteiger partial charge < -0.3 is 10.6 Å². The van der Waals surface area contributed by atoms with Crippen LogP contribution >= 0.6 is 0 Å². The van der Waals surface area contributed by atoms with Crippen molar-refractivity contribution in [3.05, 3.63) is 64.7 Å². The Bertz CT molecular complexity index is 793. The van der Waals surface area contributed by atoms with E-state index in [0.29, 0.717) is 23.9 Å². The first-order valence-electron chi connectivity index (χ1n) is 9.56. The summed E-state index contributed by atoms with van der Waals surface area (Å²) in [4.78, 5) is 23.6. The standard InChI is InChI=1S/C23H30N2O2/c1-15(2)20-10-11-22(21(14-20)16(3)4)25-23(27)19-8-6-18(7-9-19)12-13-24-17(5)26/h6-11,14-16H,12-13H2,1-5H3,(H,24,26)(H,25,27). The van der Waals surface area contributed by atoms with Crippen LogP contribution in [0.5, 0.6) is 0 Å². The Labute approximate surface area is 162 Å². The molecule has 2 amide bonds. The van der Waals surface area contributed by atoms with Gasteiger partial charge in [0.1, 0.15) is 0 Å². The number of rotatable bonds is 7. The molecule has 0 aliphatic rings. The molecule has 0 aromatic heterocycles. The maximum absolute atomic E-state index is 12.7. The third kappa shape index (κ3) is 5.95. The highest BCUT2D eigenvalue weighted by molar-refractivity contribution is 6.04. The summed E-state index contributed by atoms with van der Waals surface area (Å²) < 4.78 is 0. The van der Waals surface area contributed by atoms with Crippen molar-refractivity contribution < 1.29 is 9.59 Å². The highest BCUT2D eigenvalue weighted by atomic mass is 16.2. The van der Waals surface area contributed by atoms with Gasteiger partial charge in [-0.1, -0.05) is 52.0 Å². The Morgan fingerprint density at radius 1 is 0.926 bits per heavy atom. The van der Waals surface area contributed by atoms with E-state index in [2.05, 4.69) is 50.5 Å². The molecule has 0 fully saturated rings. The molecule has 0 saturated carbocycles. The predicted molar refractivity (Wildman–Crippen MR) is 111 cm³/mol. The van der Waals surface area contributed by atoms with Crippen LogP contribution in [0.25, 0.3) is 0 Å². The second-order valence-corrected chi connectivity index (χ2v) is 7.54. The van der Waals surface area contributed by atoms with Gasteiger partial charge in [-0.2, -0.15) is 0 Å². The summed E-state index contributed by atoms with van der Waals surface area (Å²) in [6.07, 6.45) is 0.746. The molecule has 0 unspecified atom stereocenters. The molecule has 0 radical (unpaired) electrons. The first-order chi connectivity index (χ1) is 12.8. The van der Waals surface area contributed by atoms with Crippen molar-refractivity contribution in [2.24, 2.45) is 0 Å². The minimum atomic E-state index is -0.109. The molecular weight excluding hydrogens is 336 g/mol. The van der Waals surface area contributed by atoms with E-state index in [4.69, 9.17) is 0 Å². The van der Waals surface area contributed by atoms with Crippen molar-refractivity contribution in [1.29, 1.82) is 0 Å². The maximum Gasteiger partial charge on any atom is 0.255 e. The third-order valence-corrected chi connectivity index (χ3v) is 4.62. The number of anilines is 1.